The van der Waals surface area contributed by atoms with E-state index in [2.05, 4.69) is 18.1 Å². The van der Waals surface area contributed by atoms with E-state index in [0.29, 0.717) is 5.88 Å². The van der Waals surface area contributed by atoms with Gasteiger partial charge >= 0.3 is 0 Å². The number of nitrogens with two attached hydrogens (primary N) is 1. The normalized spacial score (nSPS) is 10.7. The molecule has 0 atom stereocenters. The lowest BCUT2D eigenvalue weighted by molar-refractivity contribution is 0.439. The molecule has 0 aliphatic rings. The molecule has 0 aliphatic carbocycles. The summed E-state index contributed by atoms with van der Waals surface area (Å²) in [6.07, 6.45) is 0. The zero-order valence-corrected chi connectivity index (χ0v) is 10.7. The van der Waals surface area contributed by atoms with Crippen molar-refractivity contribution in [3.8, 4) is 22.4 Å². The lowest BCUT2D eigenvalue weighted by Crippen LogP contribution is -1.89. The Morgan fingerprint density at radius 3 is 2.78 bits per heavy atom. The van der Waals surface area contributed by atoms with E-state index in [1.807, 2.05) is 35.0 Å². The first-order valence-corrected chi connectivity index (χ1v) is 6.55. The highest BCUT2D eigenvalue weighted by Gasteiger charge is 2.18. The highest BCUT2D eigenvalue weighted by Crippen LogP contribution is 2.38. The van der Waals surface area contributed by atoms with Gasteiger partial charge in [0.2, 0.25) is 5.88 Å². The number of rotatable bonds is 2. The molecule has 2 aromatic heterocycles. The van der Waals surface area contributed by atoms with E-state index in [0.717, 1.165) is 27.9 Å². The van der Waals surface area contributed by atoms with Crippen LogP contribution in [0.15, 0.2) is 45.6 Å². The van der Waals surface area contributed by atoms with Crippen LogP contribution in [0.2, 0.25) is 0 Å². The molecule has 2 N–H and O–H groups in total. The van der Waals surface area contributed by atoms with E-state index >= 15 is 0 Å². The fraction of sp³-hybridized carbons (Fsp3) is 0.0714. The van der Waals surface area contributed by atoms with Gasteiger partial charge in [0.25, 0.3) is 0 Å². The quantitative estimate of drug-likeness (QED) is 0.755. The molecule has 3 rings (SSSR count). The SMILES string of the molecule is Cc1ccccc1-c1c(-c2ccsc2)noc1N. The van der Waals surface area contributed by atoms with Crippen molar-refractivity contribution in [2.75, 3.05) is 5.73 Å². The van der Waals surface area contributed by atoms with Crippen molar-refractivity contribution in [2.45, 2.75) is 6.92 Å². The summed E-state index contributed by atoms with van der Waals surface area (Å²) in [6.45, 7) is 2.05. The first-order valence-electron chi connectivity index (χ1n) is 5.61. The molecule has 0 saturated carbocycles. The Morgan fingerprint density at radius 2 is 2.06 bits per heavy atom. The summed E-state index contributed by atoms with van der Waals surface area (Å²) in [6, 6.07) is 10.1. The van der Waals surface area contributed by atoms with Gasteiger partial charge in [-0.05, 0) is 29.5 Å². The van der Waals surface area contributed by atoms with Crippen LogP contribution in [0.1, 0.15) is 5.56 Å². The topological polar surface area (TPSA) is 52.0 Å². The molecule has 0 spiro atoms. The van der Waals surface area contributed by atoms with E-state index < -0.39 is 0 Å². The molecule has 18 heavy (non-hydrogen) atoms. The largest absolute Gasteiger partial charge is 0.367 e. The number of aryl methyl sites for hydroxylation is 1. The third-order valence-electron chi connectivity index (χ3n) is 2.93. The van der Waals surface area contributed by atoms with Crippen molar-refractivity contribution < 1.29 is 4.52 Å². The maximum atomic E-state index is 5.92. The number of anilines is 1. The zero-order chi connectivity index (χ0) is 12.5. The summed E-state index contributed by atoms with van der Waals surface area (Å²) in [5.41, 5.74) is 10.9. The molecule has 0 amide bonds. The lowest BCUT2D eigenvalue weighted by Gasteiger charge is -2.04. The molecule has 90 valence electrons. The highest BCUT2D eigenvalue weighted by atomic mass is 32.1. The fourth-order valence-electron chi connectivity index (χ4n) is 2.01. The molecular formula is C14H12N2OS. The summed E-state index contributed by atoms with van der Waals surface area (Å²) in [4.78, 5) is 0. The van der Waals surface area contributed by atoms with Crippen LogP contribution in [0, 0.1) is 6.92 Å². The summed E-state index contributed by atoms with van der Waals surface area (Å²) in [5, 5.41) is 8.14. The van der Waals surface area contributed by atoms with Gasteiger partial charge in [-0.3, -0.25) is 0 Å². The van der Waals surface area contributed by atoms with Crippen LogP contribution in [0.5, 0.6) is 0 Å². The van der Waals surface area contributed by atoms with Crippen LogP contribution in [0.25, 0.3) is 22.4 Å². The number of hydrogen-bond acceptors (Lipinski definition) is 4. The predicted octanol–water partition coefficient (Wildman–Crippen LogP) is 3.96. The minimum Gasteiger partial charge on any atom is -0.367 e. The van der Waals surface area contributed by atoms with Gasteiger partial charge in [-0.1, -0.05) is 29.4 Å². The number of aromatic nitrogens is 1. The molecule has 0 radical (unpaired) electrons. The Kier molecular flexibility index (Phi) is 2.64. The zero-order valence-electron chi connectivity index (χ0n) is 9.88. The first kappa shape index (κ1) is 11.0. The van der Waals surface area contributed by atoms with Crippen LogP contribution in [0.3, 0.4) is 0 Å². The van der Waals surface area contributed by atoms with E-state index in [9.17, 15) is 0 Å². The van der Waals surface area contributed by atoms with E-state index in [-0.39, 0.29) is 0 Å². The third-order valence-corrected chi connectivity index (χ3v) is 3.61. The number of nitrogen functional groups attached to an aromatic ring is 1. The van der Waals surface area contributed by atoms with Crippen molar-refractivity contribution in [3.63, 3.8) is 0 Å². The van der Waals surface area contributed by atoms with Gasteiger partial charge in [0.05, 0.1) is 5.56 Å². The molecule has 0 bridgehead atoms. The van der Waals surface area contributed by atoms with Gasteiger partial charge in [0.1, 0.15) is 5.69 Å². The van der Waals surface area contributed by atoms with Gasteiger partial charge in [-0.25, -0.2) is 0 Å². The Labute approximate surface area is 109 Å². The van der Waals surface area contributed by atoms with Crippen LogP contribution in [0.4, 0.5) is 5.88 Å². The minimum absolute atomic E-state index is 0.366. The number of benzene rings is 1. The Balaban J connectivity index is 2.24. The second kappa shape index (κ2) is 4.31. The molecule has 0 unspecified atom stereocenters. The smallest absolute Gasteiger partial charge is 0.230 e. The van der Waals surface area contributed by atoms with Crippen molar-refractivity contribution in [2.24, 2.45) is 0 Å². The van der Waals surface area contributed by atoms with Gasteiger partial charge in [-0.15, -0.1) is 0 Å². The molecule has 4 heteroatoms. The lowest BCUT2D eigenvalue weighted by atomic mass is 9.98. The van der Waals surface area contributed by atoms with Gasteiger partial charge in [-0.2, -0.15) is 11.3 Å². The van der Waals surface area contributed by atoms with Crippen molar-refractivity contribution >= 4 is 17.2 Å². The summed E-state index contributed by atoms with van der Waals surface area (Å²) < 4.78 is 5.16. The second-order valence-electron chi connectivity index (χ2n) is 4.10. The maximum Gasteiger partial charge on any atom is 0.230 e. The maximum absolute atomic E-state index is 5.92. The van der Waals surface area contributed by atoms with Crippen LogP contribution >= 0.6 is 11.3 Å². The van der Waals surface area contributed by atoms with Crippen molar-refractivity contribution in [1.82, 2.24) is 5.16 Å². The molecule has 3 aromatic rings. The summed E-state index contributed by atoms with van der Waals surface area (Å²) in [5.74, 6) is 0.366. The summed E-state index contributed by atoms with van der Waals surface area (Å²) in [7, 11) is 0. The van der Waals surface area contributed by atoms with Crippen LogP contribution in [-0.2, 0) is 0 Å². The minimum atomic E-state index is 0.366. The average molecular weight is 256 g/mol. The standard InChI is InChI=1S/C14H12N2OS/c1-9-4-2-3-5-11(9)12-13(16-17-14(12)15)10-6-7-18-8-10/h2-8H,15H2,1H3. The average Bonchev–Trinajstić information content (AvgIpc) is 2.99. The van der Waals surface area contributed by atoms with Gasteiger partial charge in [0.15, 0.2) is 0 Å². The second-order valence-corrected chi connectivity index (χ2v) is 4.88. The van der Waals surface area contributed by atoms with Crippen molar-refractivity contribution in [3.05, 3.63) is 46.7 Å². The predicted molar refractivity (Wildman–Crippen MR) is 74.4 cm³/mol. The summed E-state index contributed by atoms with van der Waals surface area (Å²) >= 11 is 1.63. The van der Waals surface area contributed by atoms with Gasteiger partial charge < -0.3 is 10.3 Å². The number of nitrogens with zero attached hydrogens (tertiary/aromatic N) is 1. The third kappa shape index (κ3) is 1.71. The van der Waals surface area contributed by atoms with E-state index in [1.54, 1.807) is 11.3 Å². The molecule has 1 aromatic carbocycles. The van der Waals surface area contributed by atoms with Crippen LogP contribution in [-0.4, -0.2) is 5.16 Å². The van der Waals surface area contributed by atoms with Crippen LogP contribution < -0.4 is 5.73 Å². The molecule has 3 nitrogen and oxygen atoms in total. The Bertz CT molecular complexity index is 671. The van der Waals surface area contributed by atoms with E-state index in [1.165, 1.54) is 0 Å². The Hall–Kier alpha value is -2.07. The molecular weight excluding hydrogens is 244 g/mol. The highest BCUT2D eigenvalue weighted by molar-refractivity contribution is 7.08. The van der Waals surface area contributed by atoms with E-state index in [4.69, 9.17) is 10.3 Å². The molecule has 0 aliphatic heterocycles. The number of hydrogen-bond donors (Lipinski definition) is 1. The fourth-order valence-corrected chi connectivity index (χ4v) is 2.65. The Morgan fingerprint density at radius 1 is 1.22 bits per heavy atom. The molecule has 2 heterocycles. The number of thiophene rings is 1. The molecule has 0 fully saturated rings. The van der Waals surface area contributed by atoms with Crippen molar-refractivity contribution in [1.29, 1.82) is 0 Å². The van der Waals surface area contributed by atoms with Gasteiger partial charge in [0, 0.05) is 10.9 Å². The monoisotopic (exact) mass is 256 g/mol. The first-order chi connectivity index (χ1) is 8.77. The molecule has 0 saturated heterocycles.